The van der Waals surface area contributed by atoms with E-state index in [0.29, 0.717) is 6.54 Å². The molecule has 0 radical (unpaired) electrons. The van der Waals surface area contributed by atoms with Crippen LogP contribution in [0, 0.1) is 0 Å². The van der Waals surface area contributed by atoms with Crippen LogP contribution in [-0.2, 0) is 11.3 Å². The van der Waals surface area contributed by atoms with E-state index >= 15 is 0 Å². The Morgan fingerprint density at radius 3 is 2.52 bits per heavy atom. The Bertz CT molecular complexity index is 1170. The number of benzene rings is 2. The highest BCUT2D eigenvalue weighted by molar-refractivity contribution is 5.91. The Morgan fingerprint density at radius 2 is 1.70 bits per heavy atom. The topological polar surface area (TPSA) is 48.2 Å². The summed E-state index contributed by atoms with van der Waals surface area (Å²) in [5.74, 6) is -0.0415. The summed E-state index contributed by atoms with van der Waals surface area (Å²) in [5.41, 5.74) is 4.81. The molecule has 170 valence electrons. The molecule has 0 atom stereocenters. The summed E-state index contributed by atoms with van der Waals surface area (Å²) in [6.07, 6.45) is 11.5. The third-order valence-electron chi connectivity index (χ3n) is 5.65. The number of fused-ring (bicyclic) bond motifs is 1. The maximum atomic E-state index is 11.9. The molecule has 2 heterocycles. The number of aryl methyl sites for hydroxylation is 1. The van der Waals surface area contributed by atoms with Crippen molar-refractivity contribution in [3.63, 3.8) is 0 Å². The summed E-state index contributed by atoms with van der Waals surface area (Å²) >= 11 is 0. The molecule has 4 rings (SSSR count). The summed E-state index contributed by atoms with van der Waals surface area (Å²) in [6.45, 7) is 1.72. The number of rotatable bonds is 10. The second-order valence-corrected chi connectivity index (χ2v) is 7.98. The lowest BCUT2D eigenvalue weighted by Crippen LogP contribution is -3.00. The van der Waals surface area contributed by atoms with Crippen LogP contribution in [0.15, 0.2) is 91.3 Å². The normalized spacial score (nSPS) is 10.9. The molecule has 2 aromatic carbocycles. The van der Waals surface area contributed by atoms with E-state index in [1.54, 1.807) is 6.08 Å². The number of amides is 1. The molecule has 33 heavy (non-hydrogen) atoms. The number of pyridine rings is 1. The lowest BCUT2D eigenvalue weighted by atomic mass is 10.1. The molecule has 0 saturated heterocycles. The summed E-state index contributed by atoms with van der Waals surface area (Å²) in [5, 5.41) is 4.26. The number of aromatic nitrogens is 2. The van der Waals surface area contributed by atoms with Gasteiger partial charge in [-0.1, -0.05) is 61.4 Å². The van der Waals surface area contributed by atoms with E-state index in [-0.39, 0.29) is 18.3 Å². The fraction of sp³-hybridized carbons (Fsp3) is 0.214. The lowest BCUT2D eigenvalue weighted by molar-refractivity contribution is -0.378. The third kappa shape index (κ3) is 6.80. The molecule has 1 amide bonds. The highest BCUT2D eigenvalue weighted by Crippen LogP contribution is 2.28. The Morgan fingerprint density at radius 1 is 0.909 bits per heavy atom. The highest BCUT2D eigenvalue weighted by atomic mass is 35.5. The van der Waals surface area contributed by atoms with E-state index in [0.717, 1.165) is 37.8 Å². The van der Waals surface area contributed by atoms with Gasteiger partial charge in [0.2, 0.25) is 5.91 Å². The number of nitrogens with one attached hydrogen (secondary N) is 2. The summed E-state index contributed by atoms with van der Waals surface area (Å²) in [4.78, 5) is 15.0. The van der Waals surface area contributed by atoms with Crippen molar-refractivity contribution in [3.8, 4) is 11.3 Å². The number of para-hydroxylation sites is 1. The van der Waals surface area contributed by atoms with Crippen molar-refractivity contribution < 1.29 is 22.2 Å². The van der Waals surface area contributed by atoms with Gasteiger partial charge in [-0.05, 0) is 42.7 Å². The lowest BCUT2D eigenvalue weighted by Gasteiger charge is -2.11. The number of hydrogen-bond acceptors (Lipinski definition) is 1. The predicted octanol–water partition coefficient (Wildman–Crippen LogP) is 2.52. The molecule has 0 aliphatic rings. The van der Waals surface area contributed by atoms with Crippen molar-refractivity contribution in [2.75, 3.05) is 6.54 Å². The van der Waals surface area contributed by atoms with Crippen LogP contribution in [0.2, 0.25) is 0 Å². The third-order valence-corrected chi connectivity index (χ3v) is 5.65. The van der Waals surface area contributed by atoms with Gasteiger partial charge in [0, 0.05) is 47.4 Å². The standard InChI is InChI=1S/C28H29N3O.ClH/c32-28(17-16-23-11-10-18-29-22-23)30-19-8-1-2-9-20-31-26-15-7-6-14-25(26)21-27(31)24-12-4-3-5-13-24;/h3-7,10-18,21-22H,1-2,8-9,19-20H2,(H,30,32);1H/b17-16+;. The first-order chi connectivity index (χ1) is 15.8. The van der Waals surface area contributed by atoms with Gasteiger partial charge in [0.05, 0.1) is 0 Å². The molecule has 0 saturated carbocycles. The molecule has 2 aromatic heterocycles. The van der Waals surface area contributed by atoms with Crippen LogP contribution in [0.25, 0.3) is 28.2 Å². The van der Waals surface area contributed by atoms with Crippen LogP contribution in [0.4, 0.5) is 0 Å². The molecule has 0 fully saturated rings. The van der Waals surface area contributed by atoms with Gasteiger partial charge in [-0.2, -0.15) is 0 Å². The maximum Gasteiger partial charge on any atom is 0.244 e. The zero-order valence-corrected chi connectivity index (χ0v) is 19.5. The number of halogens is 1. The van der Waals surface area contributed by atoms with Gasteiger partial charge in [0.1, 0.15) is 0 Å². The Labute approximate surface area is 201 Å². The van der Waals surface area contributed by atoms with Gasteiger partial charge in [0.15, 0.2) is 12.4 Å². The van der Waals surface area contributed by atoms with Crippen LogP contribution < -0.4 is 22.7 Å². The SMILES string of the molecule is O=C(/C=C/c1ccc[nH+]c1)NCCCCCCn1c(-c2ccccc2)cc2ccccc21.[Cl-]. The molecular weight excluding hydrogens is 430 g/mol. The number of aromatic amines is 1. The van der Waals surface area contributed by atoms with Crippen molar-refractivity contribution >= 4 is 22.9 Å². The van der Waals surface area contributed by atoms with Gasteiger partial charge in [-0.3, -0.25) is 4.79 Å². The van der Waals surface area contributed by atoms with Crippen molar-refractivity contribution in [2.24, 2.45) is 0 Å². The van der Waals surface area contributed by atoms with Crippen LogP contribution >= 0.6 is 0 Å². The van der Waals surface area contributed by atoms with Crippen molar-refractivity contribution in [1.82, 2.24) is 9.88 Å². The number of unbranched alkanes of at least 4 members (excludes halogenated alkanes) is 3. The Kier molecular flexibility index (Phi) is 9.28. The average molecular weight is 460 g/mol. The van der Waals surface area contributed by atoms with Crippen LogP contribution in [-0.4, -0.2) is 17.0 Å². The van der Waals surface area contributed by atoms with Crippen LogP contribution in [0.3, 0.4) is 0 Å². The molecule has 4 aromatic rings. The second-order valence-electron chi connectivity index (χ2n) is 7.98. The molecular formula is C28H30ClN3O. The minimum absolute atomic E-state index is 0. The number of nitrogens with zero attached hydrogens (tertiary/aromatic N) is 1. The first-order valence-corrected chi connectivity index (χ1v) is 11.4. The first-order valence-electron chi connectivity index (χ1n) is 11.4. The van der Waals surface area contributed by atoms with Crippen molar-refractivity contribution in [1.29, 1.82) is 0 Å². The number of carbonyl (C=O) groups excluding carboxylic acids is 1. The fourth-order valence-electron chi connectivity index (χ4n) is 4.00. The molecule has 0 spiro atoms. The summed E-state index contributed by atoms with van der Waals surface area (Å²) < 4.78 is 2.44. The van der Waals surface area contributed by atoms with E-state index < -0.39 is 0 Å². The molecule has 4 nitrogen and oxygen atoms in total. The minimum atomic E-state index is -0.0415. The minimum Gasteiger partial charge on any atom is -1.00 e. The quantitative estimate of drug-likeness (QED) is 0.287. The number of H-pyrrole nitrogens is 1. The van der Waals surface area contributed by atoms with Gasteiger partial charge >= 0.3 is 0 Å². The Balaban J connectivity index is 0.00000306. The van der Waals surface area contributed by atoms with E-state index in [4.69, 9.17) is 0 Å². The number of hydrogen-bond donors (Lipinski definition) is 1. The van der Waals surface area contributed by atoms with E-state index in [1.807, 2.05) is 30.6 Å². The van der Waals surface area contributed by atoms with Gasteiger partial charge in [-0.25, -0.2) is 4.98 Å². The van der Waals surface area contributed by atoms with Gasteiger partial charge in [0.25, 0.3) is 0 Å². The smallest absolute Gasteiger partial charge is 0.244 e. The Hall–Kier alpha value is -3.37. The van der Waals surface area contributed by atoms with E-state index in [1.165, 1.54) is 22.2 Å². The van der Waals surface area contributed by atoms with Crippen LogP contribution in [0.1, 0.15) is 31.2 Å². The number of carbonyl (C=O) groups is 1. The molecule has 0 bridgehead atoms. The van der Waals surface area contributed by atoms with Crippen molar-refractivity contribution in [2.45, 2.75) is 32.2 Å². The zero-order valence-electron chi connectivity index (χ0n) is 18.7. The molecule has 0 unspecified atom stereocenters. The van der Waals surface area contributed by atoms with E-state index in [9.17, 15) is 4.79 Å². The first kappa shape index (κ1) is 24.3. The van der Waals surface area contributed by atoms with Gasteiger partial charge in [-0.15, -0.1) is 0 Å². The molecule has 0 aliphatic carbocycles. The largest absolute Gasteiger partial charge is 1.00 e. The van der Waals surface area contributed by atoms with Gasteiger partial charge < -0.3 is 22.3 Å². The average Bonchev–Trinajstić information content (AvgIpc) is 3.22. The predicted molar refractivity (Wildman–Crippen MR) is 131 cm³/mol. The monoisotopic (exact) mass is 459 g/mol. The molecule has 2 N–H and O–H groups in total. The fourth-order valence-corrected chi connectivity index (χ4v) is 4.00. The zero-order chi connectivity index (χ0) is 22.0. The van der Waals surface area contributed by atoms with Crippen LogP contribution in [0.5, 0.6) is 0 Å². The summed E-state index contributed by atoms with van der Waals surface area (Å²) in [7, 11) is 0. The molecule has 0 aliphatic heterocycles. The maximum absolute atomic E-state index is 11.9. The molecule has 5 heteroatoms. The van der Waals surface area contributed by atoms with E-state index in [2.05, 4.69) is 75.5 Å². The second kappa shape index (κ2) is 12.6. The highest BCUT2D eigenvalue weighted by Gasteiger charge is 2.09. The van der Waals surface area contributed by atoms with Crippen molar-refractivity contribution in [3.05, 3.63) is 96.8 Å². The summed E-state index contributed by atoms with van der Waals surface area (Å²) in [6, 6.07) is 25.4.